The van der Waals surface area contributed by atoms with Crippen LogP contribution in [0.3, 0.4) is 0 Å². The number of benzene rings is 1. The predicted octanol–water partition coefficient (Wildman–Crippen LogP) is 3.76. The zero-order valence-corrected chi connectivity index (χ0v) is 12.1. The van der Waals surface area contributed by atoms with Crippen LogP contribution < -0.4 is 5.32 Å². The van der Waals surface area contributed by atoms with E-state index in [0.29, 0.717) is 6.04 Å². The van der Waals surface area contributed by atoms with Crippen molar-refractivity contribution in [2.45, 2.75) is 32.9 Å². The third kappa shape index (κ3) is 4.34. The average Bonchev–Trinajstić information content (AvgIpc) is 2.38. The lowest BCUT2D eigenvalue weighted by Crippen LogP contribution is -2.27. The number of nitrogens with zero attached hydrogens (tertiary/aromatic N) is 1. The van der Waals surface area contributed by atoms with Crippen molar-refractivity contribution in [3.63, 3.8) is 0 Å². The summed E-state index contributed by atoms with van der Waals surface area (Å²) in [7, 11) is 0. The molecule has 0 aliphatic rings. The lowest BCUT2D eigenvalue weighted by Gasteiger charge is -2.15. The highest BCUT2D eigenvalue weighted by atomic mass is 35.5. The fourth-order valence-corrected chi connectivity index (χ4v) is 2.27. The van der Waals surface area contributed by atoms with Crippen LogP contribution in [0.5, 0.6) is 0 Å². The zero-order valence-electron chi connectivity index (χ0n) is 11.4. The van der Waals surface area contributed by atoms with Crippen LogP contribution in [0.25, 0.3) is 0 Å². The molecule has 0 aliphatic carbocycles. The van der Waals surface area contributed by atoms with Crippen LogP contribution in [0.1, 0.15) is 23.6 Å². The van der Waals surface area contributed by atoms with Gasteiger partial charge in [0.05, 0.1) is 0 Å². The molecule has 1 aromatic carbocycles. The third-order valence-corrected chi connectivity index (χ3v) is 3.45. The molecule has 1 unspecified atom stereocenters. The maximum absolute atomic E-state index is 5.99. The standard InChI is InChI=1S/C16H19ClN2/c1-12-6-7-18-10-15(12)11-19-13(2)8-14-4-3-5-16(17)9-14/h3-7,9-10,13,19H,8,11H2,1-2H3. The van der Waals surface area contributed by atoms with Crippen molar-refractivity contribution >= 4 is 11.6 Å². The fraction of sp³-hybridized carbons (Fsp3) is 0.312. The molecule has 0 fully saturated rings. The van der Waals surface area contributed by atoms with Gasteiger partial charge in [-0.25, -0.2) is 0 Å². The summed E-state index contributed by atoms with van der Waals surface area (Å²) in [5, 5.41) is 4.32. The lowest BCUT2D eigenvalue weighted by molar-refractivity contribution is 0.544. The monoisotopic (exact) mass is 274 g/mol. The SMILES string of the molecule is Cc1ccncc1CNC(C)Cc1cccc(Cl)c1. The second kappa shape index (κ2) is 6.69. The van der Waals surface area contributed by atoms with E-state index in [1.54, 1.807) is 0 Å². The Hall–Kier alpha value is -1.38. The highest BCUT2D eigenvalue weighted by molar-refractivity contribution is 6.30. The van der Waals surface area contributed by atoms with Gasteiger partial charge in [0.25, 0.3) is 0 Å². The van der Waals surface area contributed by atoms with Crippen molar-refractivity contribution in [1.29, 1.82) is 0 Å². The van der Waals surface area contributed by atoms with E-state index in [1.165, 1.54) is 16.7 Å². The molecule has 3 heteroatoms. The summed E-state index contributed by atoms with van der Waals surface area (Å²) >= 11 is 5.99. The van der Waals surface area contributed by atoms with E-state index in [-0.39, 0.29) is 0 Å². The predicted molar refractivity (Wildman–Crippen MR) is 80.4 cm³/mol. The molecule has 0 aliphatic heterocycles. The molecule has 100 valence electrons. The summed E-state index contributed by atoms with van der Waals surface area (Å²) < 4.78 is 0. The zero-order chi connectivity index (χ0) is 13.7. The first-order valence-electron chi connectivity index (χ1n) is 6.52. The van der Waals surface area contributed by atoms with Gasteiger partial charge < -0.3 is 5.32 Å². The number of hydrogen-bond acceptors (Lipinski definition) is 2. The van der Waals surface area contributed by atoms with Gasteiger partial charge in [-0.1, -0.05) is 23.7 Å². The topological polar surface area (TPSA) is 24.9 Å². The molecular weight excluding hydrogens is 256 g/mol. The molecule has 2 aromatic rings. The van der Waals surface area contributed by atoms with E-state index in [0.717, 1.165) is 18.0 Å². The Morgan fingerprint density at radius 1 is 1.32 bits per heavy atom. The Morgan fingerprint density at radius 3 is 2.89 bits per heavy atom. The molecule has 19 heavy (non-hydrogen) atoms. The fourth-order valence-electron chi connectivity index (χ4n) is 2.06. The van der Waals surface area contributed by atoms with E-state index in [1.807, 2.05) is 36.7 Å². The van der Waals surface area contributed by atoms with Crippen molar-refractivity contribution in [3.8, 4) is 0 Å². The molecule has 1 heterocycles. The number of nitrogens with one attached hydrogen (secondary N) is 1. The maximum Gasteiger partial charge on any atom is 0.0408 e. The average molecular weight is 275 g/mol. The van der Waals surface area contributed by atoms with Crippen molar-refractivity contribution in [1.82, 2.24) is 10.3 Å². The van der Waals surface area contributed by atoms with Crippen LogP contribution in [-0.4, -0.2) is 11.0 Å². The van der Waals surface area contributed by atoms with Gasteiger partial charge in [0.2, 0.25) is 0 Å². The second-order valence-electron chi connectivity index (χ2n) is 4.92. The molecule has 0 saturated heterocycles. The molecule has 0 saturated carbocycles. The van der Waals surface area contributed by atoms with Gasteiger partial charge in [-0.3, -0.25) is 4.98 Å². The number of hydrogen-bond donors (Lipinski definition) is 1. The number of halogens is 1. The van der Waals surface area contributed by atoms with Gasteiger partial charge in [0.1, 0.15) is 0 Å². The van der Waals surface area contributed by atoms with E-state index in [4.69, 9.17) is 11.6 Å². The second-order valence-corrected chi connectivity index (χ2v) is 5.35. The quantitative estimate of drug-likeness (QED) is 0.898. The highest BCUT2D eigenvalue weighted by Gasteiger charge is 2.05. The molecule has 2 rings (SSSR count). The molecular formula is C16H19ClN2. The van der Waals surface area contributed by atoms with Gasteiger partial charge >= 0.3 is 0 Å². The molecule has 0 bridgehead atoms. The highest BCUT2D eigenvalue weighted by Crippen LogP contribution is 2.12. The van der Waals surface area contributed by atoms with Crippen LogP contribution in [0.2, 0.25) is 5.02 Å². The normalized spacial score (nSPS) is 12.4. The minimum atomic E-state index is 0.401. The van der Waals surface area contributed by atoms with Crippen molar-refractivity contribution in [3.05, 3.63) is 64.4 Å². The minimum Gasteiger partial charge on any atom is -0.310 e. The molecule has 0 radical (unpaired) electrons. The molecule has 2 nitrogen and oxygen atoms in total. The smallest absolute Gasteiger partial charge is 0.0408 e. The van der Waals surface area contributed by atoms with Gasteiger partial charge in [-0.15, -0.1) is 0 Å². The number of aromatic nitrogens is 1. The Morgan fingerprint density at radius 2 is 2.16 bits per heavy atom. The van der Waals surface area contributed by atoms with E-state index < -0.39 is 0 Å². The van der Waals surface area contributed by atoms with Crippen molar-refractivity contribution in [2.24, 2.45) is 0 Å². The first-order valence-corrected chi connectivity index (χ1v) is 6.90. The Labute approximate surface area is 119 Å². The van der Waals surface area contributed by atoms with Crippen molar-refractivity contribution in [2.75, 3.05) is 0 Å². The number of aryl methyl sites for hydroxylation is 1. The Kier molecular flexibility index (Phi) is 4.94. The van der Waals surface area contributed by atoms with E-state index in [9.17, 15) is 0 Å². The summed E-state index contributed by atoms with van der Waals surface area (Å²) in [5.74, 6) is 0. The van der Waals surface area contributed by atoms with Crippen LogP contribution in [0, 0.1) is 6.92 Å². The maximum atomic E-state index is 5.99. The molecule has 0 amide bonds. The van der Waals surface area contributed by atoms with E-state index >= 15 is 0 Å². The van der Waals surface area contributed by atoms with Crippen molar-refractivity contribution < 1.29 is 0 Å². The van der Waals surface area contributed by atoms with Crippen LogP contribution in [0.4, 0.5) is 0 Å². The summed E-state index contributed by atoms with van der Waals surface area (Å²) in [6.45, 7) is 5.15. The molecule has 1 N–H and O–H groups in total. The summed E-state index contributed by atoms with van der Waals surface area (Å²) in [4.78, 5) is 4.16. The Bertz CT molecular complexity index is 540. The lowest BCUT2D eigenvalue weighted by atomic mass is 10.1. The van der Waals surface area contributed by atoms with Gasteiger partial charge in [0, 0.05) is 30.0 Å². The summed E-state index contributed by atoms with van der Waals surface area (Å²) in [5.41, 5.74) is 3.79. The minimum absolute atomic E-state index is 0.401. The molecule has 1 aromatic heterocycles. The van der Waals surface area contributed by atoms with E-state index in [2.05, 4.69) is 30.2 Å². The molecule has 0 spiro atoms. The summed E-state index contributed by atoms with van der Waals surface area (Å²) in [6.07, 6.45) is 4.72. The van der Waals surface area contributed by atoms with Crippen LogP contribution in [-0.2, 0) is 13.0 Å². The van der Waals surface area contributed by atoms with Gasteiger partial charge in [-0.05, 0) is 55.2 Å². The largest absolute Gasteiger partial charge is 0.310 e. The van der Waals surface area contributed by atoms with Crippen LogP contribution >= 0.6 is 11.6 Å². The first kappa shape index (κ1) is 14.0. The summed E-state index contributed by atoms with van der Waals surface area (Å²) in [6, 6.07) is 10.5. The van der Waals surface area contributed by atoms with Gasteiger partial charge in [0.15, 0.2) is 0 Å². The van der Waals surface area contributed by atoms with Crippen LogP contribution in [0.15, 0.2) is 42.7 Å². The first-order chi connectivity index (χ1) is 9.15. The third-order valence-electron chi connectivity index (χ3n) is 3.22. The number of rotatable bonds is 5. The van der Waals surface area contributed by atoms with Gasteiger partial charge in [-0.2, -0.15) is 0 Å². The molecule has 1 atom stereocenters. The Balaban J connectivity index is 1.88. The number of pyridine rings is 1.